The van der Waals surface area contributed by atoms with Gasteiger partial charge in [-0.3, -0.25) is 13.9 Å². The van der Waals surface area contributed by atoms with E-state index >= 15 is 0 Å². The zero-order chi connectivity index (χ0) is 25.3. The number of ether oxygens (including phenoxy) is 1. The van der Waals surface area contributed by atoms with Gasteiger partial charge < -0.3 is 15.0 Å². The Labute approximate surface area is 210 Å². The number of nitrogens with zero attached hydrogens (tertiary/aromatic N) is 2. The first-order valence-electron chi connectivity index (χ1n) is 11.0. The molecular formula is C24H32BrN3O5S. The van der Waals surface area contributed by atoms with Gasteiger partial charge in [-0.05, 0) is 55.3 Å². The highest BCUT2D eigenvalue weighted by Crippen LogP contribution is 2.22. The molecule has 0 aliphatic rings. The lowest BCUT2D eigenvalue weighted by Gasteiger charge is -2.31. The number of methoxy groups -OCH3 is 1. The van der Waals surface area contributed by atoms with Gasteiger partial charge >= 0.3 is 0 Å². The summed E-state index contributed by atoms with van der Waals surface area (Å²) in [6, 6.07) is 13.0. The molecular weight excluding hydrogens is 522 g/mol. The van der Waals surface area contributed by atoms with Gasteiger partial charge in [-0.25, -0.2) is 8.42 Å². The average molecular weight is 555 g/mol. The number of benzene rings is 2. The molecule has 1 atom stereocenters. The second kappa shape index (κ2) is 12.8. The number of unbranched alkanes of at least 4 members (excludes halogenated alkanes) is 1. The van der Waals surface area contributed by atoms with Crippen molar-refractivity contribution in [2.45, 2.75) is 39.3 Å². The third-order valence-electron chi connectivity index (χ3n) is 5.30. The van der Waals surface area contributed by atoms with Crippen molar-refractivity contribution in [1.82, 2.24) is 10.2 Å². The number of hydrogen-bond donors (Lipinski definition) is 1. The number of halogens is 1. The zero-order valence-electron chi connectivity index (χ0n) is 20.0. The molecule has 0 aromatic heterocycles. The molecule has 2 amide bonds. The number of anilines is 1. The predicted molar refractivity (Wildman–Crippen MR) is 137 cm³/mol. The van der Waals surface area contributed by atoms with E-state index in [9.17, 15) is 18.0 Å². The molecule has 0 heterocycles. The Balaban J connectivity index is 2.32. The SMILES string of the molecule is CCCCNC(=O)[C@@H](C)N(Cc1ccc(Br)cc1)C(=O)CN(c1ccc(OC)cc1)S(C)(=O)=O. The quantitative estimate of drug-likeness (QED) is 0.405. The van der Waals surface area contributed by atoms with E-state index in [1.807, 2.05) is 31.2 Å². The van der Waals surface area contributed by atoms with Crippen LogP contribution in [0.5, 0.6) is 5.75 Å². The van der Waals surface area contributed by atoms with E-state index in [2.05, 4.69) is 21.2 Å². The summed E-state index contributed by atoms with van der Waals surface area (Å²) in [5.41, 5.74) is 1.15. The number of rotatable bonds is 12. The Bertz CT molecular complexity index is 1060. The van der Waals surface area contributed by atoms with Crippen LogP contribution in [-0.4, -0.2) is 57.6 Å². The topological polar surface area (TPSA) is 96.0 Å². The predicted octanol–water partition coefficient (Wildman–Crippen LogP) is 3.56. The van der Waals surface area contributed by atoms with E-state index in [1.54, 1.807) is 31.2 Å². The molecule has 0 aliphatic carbocycles. The Morgan fingerprint density at radius 3 is 2.24 bits per heavy atom. The van der Waals surface area contributed by atoms with Gasteiger partial charge in [0, 0.05) is 17.6 Å². The van der Waals surface area contributed by atoms with Gasteiger partial charge in [-0.2, -0.15) is 0 Å². The molecule has 0 bridgehead atoms. The third kappa shape index (κ3) is 8.02. The van der Waals surface area contributed by atoms with Crippen LogP contribution >= 0.6 is 15.9 Å². The first-order valence-corrected chi connectivity index (χ1v) is 13.6. The fourth-order valence-electron chi connectivity index (χ4n) is 3.27. The molecule has 0 radical (unpaired) electrons. The minimum absolute atomic E-state index is 0.161. The van der Waals surface area contributed by atoms with E-state index in [0.29, 0.717) is 18.0 Å². The van der Waals surface area contributed by atoms with Gasteiger partial charge in [0.1, 0.15) is 18.3 Å². The number of amides is 2. The first-order chi connectivity index (χ1) is 16.1. The second-order valence-corrected chi connectivity index (χ2v) is 10.8. The standard InChI is InChI=1S/C24H32BrN3O5S/c1-5-6-15-26-24(30)18(2)27(16-19-7-9-20(25)10-8-19)23(29)17-28(34(4,31)32)21-11-13-22(33-3)14-12-21/h7-14,18H,5-6,15-17H2,1-4H3,(H,26,30)/t18-/m1/s1. The monoisotopic (exact) mass is 553 g/mol. The number of carbonyl (C=O) groups is 2. The number of sulfonamides is 1. The second-order valence-electron chi connectivity index (χ2n) is 7.94. The van der Waals surface area contributed by atoms with Crippen LogP contribution in [0.4, 0.5) is 5.69 Å². The van der Waals surface area contributed by atoms with Crippen LogP contribution in [0.1, 0.15) is 32.3 Å². The van der Waals surface area contributed by atoms with Gasteiger partial charge in [-0.15, -0.1) is 0 Å². The molecule has 186 valence electrons. The lowest BCUT2D eigenvalue weighted by atomic mass is 10.1. The summed E-state index contributed by atoms with van der Waals surface area (Å²) in [5.74, 6) is -0.200. The summed E-state index contributed by atoms with van der Waals surface area (Å²) >= 11 is 3.39. The number of hydrogen-bond acceptors (Lipinski definition) is 5. The lowest BCUT2D eigenvalue weighted by Crippen LogP contribution is -2.51. The maximum atomic E-state index is 13.4. The van der Waals surface area contributed by atoms with Gasteiger partial charge in [0.15, 0.2) is 0 Å². The van der Waals surface area contributed by atoms with Crippen molar-refractivity contribution >= 4 is 43.5 Å². The molecule has 0 fully saturated rings. The van der Waals surface area contributed by atoms with Crippen molar-refractivity contribution in [3.8, 4) is 5.75 Å². The van der Waals surface area contributed by atoms with Crippen molar-refractivity contribution in [3.63, 3.8) is 0 Å². The summed E-state index contributed by atoms with van der Waals surface area (Å²) in [5, 5.41) is 2.86. The summed E-state index contributed by atoms with van der Waals surface area (Å²) < 4.78 is 32.2. The van der Waals surface area contributed by atoms with E-state index in [1.165, 1.54) is 12.0 Å². The Morgan fingerprint density at radius 2 is 1.71 bits per heavy atom. The van der Waals surface area contributed by atoms with E-state index in [4.69, 9.17) is 4.74 Å². The van der Waals surface area contributed by atoms with Gasteiger partial charge in [0.2, 0.25) is 21.8 Å². The van der Waals surface area contributed by atoms with Crippen LogP contribution < -0.4 is 14.4 Å². The summed E-state index contributed by atoms with van der Waals surface area (Å²) in [7, 11) is -2.26. The van der Waals surface area contributed by atoms with Gasteiger partial charge in [0.05, 0.1) is 19.1 Å². The van der Waals surface area contributed by atoms with Crippen molar-refractivity contribution in [1.29, 1.82) is 0 Å². The molecule has 0 unspecified atom stereocenters. The molecule has 8 nitrogen and oxygen atoms in total. The fourth-order valence-corrected chi connectivity index (χ4v) is 4.38. The van der Waals surface area contributed by atoms with Crippen molar-refractivity contribution in [2.75, 3.05) is 30.8 Å². The molecule has 10 heteroatoms. The third-order valence-corrected chi connectivity index (χ3v) is 6.97. The fraction of sp³-hybridized carbons (Fsp3) is 0.417. The Kier molecular flexibility index (Phi) is 10.4. The molecule has 2 aromatic rings. The Hall–Kier alpha value is -2.59. The maximum absolute atomic E-state index is 13.4. The van der Waals surface area contributed by atoms with E-state index < -0.39 is 28.5 Å². The molecule has 0 aliphatic heterocycles. The molecule has 0 saturated heterocycles. The summed E-state index contributed by atoms with van der Waals surface area (Å²) in [6.45, 7) is 3.92. The molecule has 1 N–H and O–H groups in total. The van der Waals surface area contributed by atoms with Gasteiger partial charge in [0.25, 0.3) is 0 Å². The molecule has 2 aromatic carbocycles. The largest absolute Gasteiger partial charge is 0.497 e. The Morgan fingerprint density at radius 1 is 1.09 bits per heavy atom. The smallest absolute Gasteiger partial charge is 0.244 e. The molecule has 0 saturated carbocycles. The van der Waals surface area contributed by atoms with Crippen molar-refractivity contribution in [3.05, 3.63) is 58.6 Å². The molecule has 0 spiro atoms. The van der Waals surface area contributed by atoms with Crippen LogP contribution in [0.3, 0.4) is 0 Å². The maximum Gasteiger partial charge on any atom is 0.244 e. The minimum Gasteiger partial charge on any atom is -0.497 e. The molecule has 34 heavy (non-hydrogen) atoms. The van der Waals surface area contributed by atoms with E-state index in [-0.39, 0.29) is 12.5 Å². The van der Waals surface area contributed by atoms with Crippen molar-refractivity contribution in [2.24, 2.45) is 0 Å². The minimum atomic E-state index is -3.77. The highest BCUT2D eigenvalue weighted by Gasteiger charge is 2.30. The van der Waals surface area contributed by atoms with Crippen LogP contribution in [0.15, 0.2) is 53.0 Å². The molecule has 2 rings (SSSR count). The normalized spacial score (nSPS) is 12.0. The van der Waals surface area contributed by atoms with Crippen LogP contribution in [0, 0.1) is 0 Å². The van der Waals surface area contributed by atoms with Crippen LogP contribution in [0.2, 0.25) is 0 Å². The van der Waals surface area contributed by atoms with E-state index in [0.717, 1.165) is 33.4 Å². The van der Waals surface area contributed by atoms with Gasteiger partial charge in [-0.1, -0.05) is 41.4 Å². The van der Waals surface area contributed by atoms with Crippen molar-refractivity contribution < 1.29 is 22.7 Å². The average Bonchev–Trinajstić information content (AvgIpc) is 2.81. The van der Waals surface area contributed by atoms with Crippen LogP contribution in [0.25, 0.3) is 0 Å². The highest BCUT2D eigenvalue weighted by molar-refractivity contribution is 9.10. The zero-order valence-corrected chi connectivity index (χ0v) is 22.4. The number of carbonyl (C=O) groups excluding carboxylic acids is 2. The highest BCUT2D eigenvalue weighted by atomic mass is 79.9. The summed E-state index contributed by atoms with van der Waals surface area (Å²) in [4.78, 5) is 27.6. The summed E-state index contributed by atoms with van der Waals surface area (Å²) in [6.07, 6.45) is 2.81. The van der Waals surface area contributed by atoms with Crippen LogP contribution in [-0.2, 0) is 26.2 Å². The lowest BCUT2D eigenvalue weighted by molar-refractivity contribution is -0.139. The number of nitrogens with one attached hydrogen (secondary N) is 1. The first kappa shape index (κ1) is 27.7.